The lowest BCUT2D eigenvalue weighted by Gasteiger charge is -2.22. The zero-order valence-corrected chi connectivity index (χ0v) is 5.22. The van der Waals surface area contributed by atoms with Gasteiger partial charge in [0, 0.05) is 0 Å². The predicted molar refractivity (Wildman–Crippen MR) is 26.1 cm³/mol. The molecule has 0 atom stereocenters. The van der Waals surface area contributed by atoms with Crippen molar-refractivity contribution in [1.82, 2.24) is 0 Å². The van der Waals surface area contributed by atoms with Crippen LogP contribution >= 0.6 is 0 Å². The quantitative estimate of drug-likeness (QED) is 0.522. The molecule has 0 aromatic rings. The van der Waals surface area contributed by atoms with Crippen molar-refractivity contribution in [3.05, 3.63) is 0 Å². The first-order valence-corrected chi connectivity index (χ1v) is 2.44. The first-order valence-electron chi connectivity index (χ1n) is 2.44. The second-order valence-corrected chi connectivity index (χ2v) is 2.31. The van der Waals surface area contributed by atoms with E-state index in [0.29, 0.717) is 13.8 Å². The molecule has 0 rings (SSSR count). The van der Waals surface area contributed by atoms with E-state index in [-0.39, 0.29) is 0 Å². The van der Waals surface area contributed by atoms with Crippen molar-refractivity contribution in [2.24, 2.45) is 0 Å². The molecule has 0 N–H and O–H groups in total. The Labute approximate surface area is 50.9 Å². The molecule has 0 aliphatic heterocycles. The van der Waals surface area contributed by atoms with E-state index in [2.05, 4.69) is 0 Å². The van der Waals surface area contributed by atoms with Crippen molar-refractivity contribution in [3.8, 4) is 0 Å². The van der Waals surface area contributed by atoms with Gasteiger partial charge in [0.25, 0.3) is 0 Å². The molecule has 4 heteroatoms. The van der Waals surface area contributed by atoms with Gasteiger partial charge in [-0.05, 0) is 13.8 Å². The Balaban J connectivity index is 4.14. The molecule has 9 heavy (non-hydrogen) atoms. The third-order valence-corrected chi connectivity index (χ3v) is 1.04. The Bertz CT molecular complexity index is 91.6. The molecular weight excluding hydrogens is 136 g/mol. The summed E-state index contributed by atoms with van der Waals surface area (Å²) in [6, 6.07) is 0. The average Bonchev–Trinajstić information content (AvgIpc) is 1.64. The van der Waals surface area contributed by atoms with Crippen LogP contribution in [0.1, 0.15) is 13.8 Å². The van der Waals surface area contributed by atoms with Crippen LogP contribution in [-0.2, 0) is 0 Å². The van der Waals surface area contributed by atoms with Crippen LogP contribution in [0.3, 0.4) is 0 Å². The Morgan fingerprint density at radius 1 is 1.11 bits per heavy atom. The molecule has 0 aliphatic carbocycles. The van der Waals surface area contributed by atoms with Gasteiger partial charge in [-0.15, -0.1) is 0 Å². The van der Waals surface area contributed by atoms with Crippen LogP contribution in [0.15, 0.2) is 0 Å². The van der Waals surface area contributed by atoms with E-state index < -0.39 is 18.3 Å². The summed E-state index contributed by atoms with van der Waals surface area (Å²) in [4.78, 5) is 0. The summed E-state index contributed by atoms with van der Waals surface area (Å²) in [7, 11) is 0. The standard InChI is InChI=1S/C5H8F4/c1-4(2,7)5(8,9)3-6/h3H2,1-2H3. The van der Waals surface area contributed by atoms with E-state index >= 15 is 0 Å². The van der Waals surface area contributed by atoms with E-state index in [1.165, 1.54) is 0 Å². The van der Waals surface area contributed by atoms with Crippen LogP contribution in [-0.4, -0.2) is 18.3 Å². The summed E-state index contributed by atoms with van der Waals surface area (Å²) in [6.45, 7) is -0.657. The molecule has 0 saturated heterocycles. The maximum Gasteiger partial charge on any atom is 0.308 e. The van der Waals surface area contributed by atoms with Gasteiger partial charge in [0.2, 0.25) is 0 Å². The third-order valence-electron chi connectivity index (χ3n) is 1.04. The van der Waals surface area contributed by atoms with Gasteiger partial charge in [-0.3, -0.25) is 0 Å². The van der Waals surface area contributed by atoms with Gasteiger partial charge in [-0.25, -0.2) is 17.6 Å². The summed E-state index contributed by atoms with van der Waals surface area (Å²) in [6.07, 6.45) is 0. The lowest BCUT2D eigenvalue weighted by atomic mass is 10.0. The smallest absolute Gasteiger partial charge is 0.244 e. The molecule has 0 amide bonds. The zero-order chi connectivity index (χ0) is 7.71. The van der Waals surface area contributed by atoms with Gasteiger partial charge in [0.15, 0.2) is 12.3 Å². The van der Waals surface area contributed by atoms with Crippen LogP contribution in [0, 0.1) is 0 Å². The monoisotopic (exact) mass is 144 g/mol. The minimum Gasteiger partial charge on any atom is -0.244 e. The Morgan fingerprint density at radius 2 is 1.44 bits per heavy atom. The minimum atomic E-state index is -3.85. The lowest BCUT2D eigenvalue weighted by Crippen LogP contribution is -2.40. The van der Waals surface area contributed by atoms with E-state index in [1.807, 2.05) is 0 Å². The van der Waals surface area contributed by atoms with Gasteiger partial charge in [-0.2, -0.15) is 0 Å². The zero-order valence-electron chi connectivity index (χ0n) is 5.22. The highest BCUT2D eigenvalue weighted by molar-refractivity contribution is 4.84. The summed E-state index contributed by atoms with van der Waals surface area (Å²) in [5.74, 6) is -3.85. The molecule has 0 saturated carbocycles. The van der Waals surface area contributed by atoms with Crippen LogP contribution < -0.4 is 0 Å². The molecule has 0 radical (unpaired) electrons. The molecule has 0 fully saturated rings. The largest absolute Gasteiger partial charge is 0.308 e. The van der Waals surface area contributed by atoms with Gasteiger partial charge in [0.1, 0.15) is 0 Å². The number of rotatable bonds is 2. The van der Waals surface area contributed by atoms with E-state index in [1.54, 1.807) is 0 Å². The number of halogens is 4. The van der Waals surface area contributed by atoms with Crippen molar-refractivity contribution < 1.29 is 17.6 Å². The number of alkyl halides is 4. The summed E-state index contributed by atoms with van der Waals surface area (Å²) in [5, 5.41) is 0. The van der Waals surface area contributed by atoms with E-state index in [0.717, 1.165) is 0 Å². The molecule has 0 bridgehead atoms. The molecule has 0 spiro atoms. The van der Waals surface area contributed by atoms with Crippen molar-refractivity contribution in [3.63, 3.8) is 0 Å². The van der Waals surface area contributed by atoms with E-state index in [4.69, 9.17) is 0 Å². The fourth-order valence-corrected chi connectivity index (χ4v) is 0.159. The first-order chi connectivity index (χ1) is 3.81. The highest BCUT2D eigenvalue weighted by Gasteiger charge is 2.47. The second-order valence-electron chi connectivity index (χ2n) is 2.31. The second kappa shape index (κ2) is 2.15. The molecule has 56 valence electrons. The van der Waals surface area contributed by atoms with Crippen molar-refractivity contribution >= 4 is 0 Å². The average molecular weight is 144 g/mol. The fourth-order valence-electron chi connectivity index (χ4n) is 0.159. The first kappa shape index (κ1) is 8.72. The molecule has 0 aliphatic rings. The van der Waals surface area contributed by atoms with Gasteiger partial charge in [-0.1, -0.05) is 0 Å². The molecule has 0 unspecified atom stereocenters. The van der Waals surface area contributed by atoms with Crippen LogP contribution in [0.2, 0.25) is 0 Å². The van der Waals surface area contributed by atoms with Gasteiger partial charge < -0.3 is 0 Å². The number of hydrogen-bond acceptors (Lipinski definition) is 0. The highest BCUT2D eigenvalue weighted by Crippen LogP contribution is 2.31. The molecular formula is C5H8F4. The van der Waals surface area contributed by atoms with Crippen LogP contribution in [0.25, 0.3) is 0 Å². The van der Waals surface area contributed by atoms with Crippen LogP contribution in [0.4, 0.5) is 17.6 Å². The van der Waals surface area contributed by atoms with Crippen molar-refractivity contribution in [2.45, 2.75) is 25.4 Å². The third kappa shape index (κ3) is 1.84. The molecule has 0 heterocycles. The Morgan fingerprint density at radius 3 is 1.44 bits per heavy atom. The Kier molecular flexibility index (Phi) is 2.09. The summed E-state index contributed by atoms with van der Waals surface area (Å²) < 4.78 is 47.3. The fraction of sp³-hybridized carbons (Fsp3) is 1.00. The maximum atomic E-state index is 12.2. The predicted octanol–water partition coefficient (Wildman–Crippen LogP) is 2.34. The molecule has 0 aromatic heterocycles. The normalized spacial score (nSPS) is 14.0. The minimum absolute atomic E-state index is 0.645. The highest BCUT2D eigenvalue weighted by atomic mass is 19.3. The van der Waals surface area contributed by atoms with Crippen molar-refractivity contribution in [1.29, 1.82) is 0 Å². The summed E-state index contributed by atoms with van der Waals surface area (Å²) >= 11 is 0. The maximum absolute atomic E-state index is 12.2. The molecule has 0 aromatic carbocycles. The SMILES string of the molecule is CC(C)(F)C(F)(F)CF. The molecule has 0 nitrogen and oxygen atoms in total. The topological polar surface area (TPSA) is 0 Å². The van der Waals surface area contributed by atoms with Gasteiger partial charge >= 0.3 is 5.92 Å². The lowest BCUT2D eigenvalue weighted by molar-refractivity contribution is -0.131. The van der Waals surface area contributed by atoms with Crippen molar-refractivity contribution in [2.75, 3.05) is 6.67 Å². The summed E-state index contributed by atoms with van der Waals surface area (Å²) in [5.41, 5.74) is -2.76. The Hall–Kier alpha value is -0.280. The van der Waals surface area contributed by atoms with E-state index in [9.17, 15) is 17.6 Å². The van der Waals surface area contributed by atoms with Gasteiger partial charge in [0.05, 0.1) is 0 Å². The van der Waals surface area contributed by atoms with Crippen LogP contribution in [0.5, 0.6) is 0 Å². The number of hydrogen-bond donors (Lipinski definition) is 0.